The molecule has 1 aliphatic heterocycles. The molecule has 3 unspecified atom stereocenters. The zero-order valence-corrected chi connectivity index (χ0v) is 36.8. The Hall–Kier alpha value is -2.66. The van der Waals surface area contributed by atoms with Crippen molar-refractivity contribution in [3.05, 3.63) is 90.9 Å². The van der Waals surface area contributed by atoms with Gasteiger partial charge in [0.25, 0.3) is 0 Å². The molecule has 0 saturated heterocycles. The van der Waals surface area contributed by atoms with Crippen LogP contribution < -0.4 is 5.32 Å². The van der Waals surface area contributed by atoms with Crippen molar-refractivity contribution >= 4 is 78.8 Å². The molecule has 0 bridgehead atoms. The largest absolute Gasteiger partial charge is 0.466 e. The van der Waals surface area contributed by atoms with Gasteiger partial charge in [-0.15, -0.1) is 6.58 Å². The average molecular weight is 902 g/mol. The van der Waals surface area contributed by atoms with Crippen LogP contribution in [0.15, 0.2) is 69.8 Å². The lowest BCUT2D eigenvalue weighted by molar-refractivity contribution is -0.144. The number of ether oxygens (including phenoxy) is 2. The van der Waals surface area contributed by atoms with Crippen molar-refractivity contribution in [3.8, 4) is 0 Å². The first-order valence-corrected chi connectivity index (χ1v) is 20.3. The van der Waals surface area contributed by atoms with E-state index in [1.165, 1.54) is 0 Å². The maximum atomic E-state index is 12.8. The quantitative estimate of drug-likeness (QED) is 0.133. The molecule has 0 aromatic heterocycles. The number of carbonyl (C=O) groups is 4. The number of nitrogens with one attached hydrogen (secondary N) is 1. The van der Waals surface area contributed by atoms with E-state index in [4.69, 9.17) is 32.7 Å². The van der Waals surface area contributed by atoms with Crippen molar-refractivity contribution in [1.82, 2.24) is 10.2 Å². The van der Waals surface area contributed by atoms with E-state index in [0.717, 1.165) is 25.6 Å². The molecule has 1 aliphatic rings. The van der Waals surface area contributed by atoms with Crippen LogP contribution in [-0.2, 0) is 39.5 Å². The van der Waals surface area contributed by atoms with Gasteiger partial charge >= 0.3 is 11.9 Å². The predicted octanol–water partition coefficient (Wildman–Crippen LogP) is 10.4. The molecule has 53 heavy (non-hydrogen) atoms. The molecule has 3 rings (SSSR count). The van der Waals surface area contributed by atoms with Crippen molar-refractivity contribution in [2.45, 2.75) is 91.9 Å². The Morgan fingerprint density at radius 1 is 0.981 bits per heavy atom. The van der Waals surface area contributed by atoms with Gasteiger partial charge in [0.1, 0.15) is 0 Å². The van der Waals surface area contributed by atoms with Crippen molar-refractivity contribution in [1.29, 1.82) is 0 Å². The van der Waals surface area contributed by atoms with E-state index in [9.17, 15) is 19.2 Å². The smallest absolute Gasteiger partial charge is 0.307 e. The first-order chi connectivity index (χ1) is 24.8. The number of allylic oxidation sites excluding steroid dienone is 2. The zero-order chi connectivity index (χ0) is 40.1. The van der Waals surface area contributed by atoms with Gasteiger partial charge in [-0.25, -0.2) is 0 Å². The van der Waals surface area contributed by atoms with E-state index in [1.807, 2.05) is 48.7 Å². The second-order valence-electron chi connectivity index (χ2n) is 14.2. The highest BCUT2D eigenvalue weighted by Crippen LogP contribution is 2.44. The minimum absolute atomic E-state index is 0.000222. The van der Waals surface area contributed by atoms with E-state index < -0.39 is 10.8 Å². The third-order valence-electron chi connectivity index (χ3n) is 9.57. The topological polar surface area (TPSA) is 102 Å². The monoisotopic (exact) mass is 898 g/mol. The van der Waals surface area contributed by atoms with E-state index in [0.29, 0.717) is 42.1 Å². The number of hydrogen-bond acceptors (Lipinski definition) is 6. The Morgan fingerprint density at radius 3 is 2.06 bits per heavy atom. The van der Waals surface area contributed by atoms with Crippen molar-refractivity contribution < 1.29 is 28.7 Å². The molecule has 1 N–H and O–H groups in total. The molecular weight excluding hydrogens is 847 g/mol. The number of hydrogen-bond donors (Lipinski definition) is 1. The summed E-state index contributed by atoms with van der Waals surface area (Å²) < 4.78 is 11.5. The Morgan fingerprint density at radius 2 is 1.55 bits per heavy atom. The molecule has 0 aliphatic carbocycles. The molecular formula is C41H54Br2Cl2N2O6. The summed E-state index contributed by atoms with van der Waals surface area (Å²) in [6.07, 6.45) is 4.79. The van der Waals surface area contributed by atoms with Gasteiger partial charge in [0, 0.05) is 51.9 Å². The highest BCUT2D eigenvalue weighted by molar-refractivity contribution is 9.10. The number of amides is 2. The molecule has 0 spiro atoms. The number of halogens is 4. The van der Waals surface area contributed by atoms with Crippen molar-refractivity contribution in [3.63, 3.8) is 0 Å². The van der Waals surface area contributed by atoms with E-state index in [-0.39, 0.29) is 61.4 Å². The fourth-order valence-electron chi connectivity index (χ4n) is 6.88. The molecule has 0 radical (unpaired) electrons. The first-order valence-electron chi connectivity index (χ1n) is 18.0. The van der Waals surface area contributed by atoms with Gasteiger partial charge in [-0.05, 0) is 104 Å². The fourth-order valence-corrected chi connectivity index (χ4v) is 7.74. The van der Waals surface area contributed by atoms with E-state index >= 15 is 0 Å². The van der Waals surface area contributed by atoms with Gasteiger partial charge in [0.15, 0.2) is 0 Å². The van der Waals surface area contributed by atoms with Crippen LogP contribution in [0.5, 0.6) is 0 Å². The normalized spacial score (nSPS) is 17.3. The number of benzene rings is 2. The molecule has 2 aromatic carbocycles. The average Bonchev–Trinajstić information content (AvgIpc) is 3.07. The Bertz CT molecular complexity index is 1650. The van der Waals surface area contributed by atoms with Gasteiger partial charge in [-0.1, -0.05) is 83.0 Å². The lowest BCUT2D eigenvalue weighted by atomic mass is 9.65. The molecule has 8 nitrogen and oxygen atoms in total. The second-order valence-corrected chi connectivity index (χ2v) is 16.7. The van der Waals surface area contributed by atoms with Gasteiger partial charge in [-0.2, -0.15) is 0 Å². The fraction of sp³-hybridized carbons (Fsp3) is 0.512. The number of carbonyl (C=O) groups excluding carboxylic acids is 4. The summed E-state index contributed by atoms with van der Waals surface area (Å²) >= 11 is 19.4. The standard InChI is InChI=1S/C21H29BrClNO3.C20H25BrClNO3/c1-6-16(14(3)4)21(5,15-8-9-17(22)18(23)12-15)13-19(25)24-11-10-20(26)27-7-2;1-5-26-19(25)8-9-23-12-15(13(2)3)20(4,11-18(23)24)14-6-7-16(21)17(22)10-14/h6,8-9,12,14,16H,1,7,10-11,13H2,2-5H3,(H,24,25);6-7,10,12-13H,5,8-9,11H2,1-4H3. The van der Waals surface area contributed by atoms with Crippen LogP contribution in [0.4, 0.5) is 0 Å². The lowest BCUT2D eigenvalue weighted by Crippen LogP contribution is -2.42. The number of nitrogens with zero attached hydrogens (tertiary/aromatic N) is 1. The highest BCUT2D eigenvalue weighted by atomic mass is 79.9. The van der Waals surface area contributed by atoms with Crippen LogP contribution in [0.2, 0.25) is 10.0 Å². The van der Waals surface area contributed by atoms with Crippen LogP contribution >= 0.6 is 55.1 Å². The Kier molecular flexibility index (Phi) is 18.8. The number of rotatable bonds is 16. The first kappa shape index (κ1) is 46.5. The molecule has 292 valence electrons. The Balaban J connectivity index is 0.000000367. The summed E-state index contributed by atoms with van der Waals surface area (Å²) in [7, 11) is 0. The van der Waals surface area contributed by atoms with Crippen molar-refractivity contribution in [2.24, 2.45) is 17.8 Å². The van der Waals surface area contributed by atoms with Crippen LogP contribution in [0, 0.1) is 17.8 Å². The summed E-state index contributed by atoms with van der Waals surface area (Å²) in [5.41, 5.74) is 2.25. The third kappa shape index (κ3) is 13.0. The van der Waals surface area contributed by atoms with E-state index in [1.54, 1.807) is 18.7 Å². The molecule has 3 atom stereocenters. The van der Waals surface area contributed by atoms with Gasteiger partial charge in [0.05, 0.1) is 36.1 Å². The minimum Gasteiger partial charge on any atom is -0.466 e. The highest BCUT2D eigenvalue weighted by Gasteiger charge is 2.41. The summed E-state index contributed by atoms with van der Waals surface area (Å²) in [4.78, 5) is 50.1. The van der Waals surface area contributed by atoms with Crippen LogP contribution in [0.3, 0.4) is 0 Å². The second kappa shape index (κ2) is 21.4. The van der Waals surface area contributed by atoms with Gasteiger partial charge in [0.2, 0.25) is 11.8 Å². The molecule has 12 heteroatoms. The van der Waals surface area contributed by atoms with E-state index in [2.05, 4.69) is 85.3 Å². The van der Waals surface area contributed by atoms with Crippen LogP contribution in [-0.4, -0.2) is 55.0 Å². The zero-order valence-electron chi connectivity index (χ0n) is 32.1. The summed E-state index contributed by atoms with van der Waals surface area (Å²) in [6.45, 7) is 21.4. The SMILES string of the molecule is C=CC(C(C)C)C(C)(CC(=O)NCCC(=O)OCC)c1ccc(Br)c(Cl)c1.CCOC(=O)CCN1C=C(C(C)C)C(C)(c2ccc(Br)c(Cl)c2)CC1=O. The molecule has 2 aromatic rings. The van der Waals surface area contributed by atoms with Crippen molar-refractivity contribution in [2.75, 3.05) is 26.3 Å². The summed E-state index contributed by atoms with van der Waals surface area (Å²) in [5, 5.41) is 4.06. The molecule has 2 amide bonds. The van der Waals surface area contributed by atoms with Crippen LogP contribution in [0.1, 0.15) is 92.2 Å². The molecule has 1 heterocycles. The molecule has 0 fully saturated rings. The maximum Gasteiger partial charge on any atom is 0.307 e. The Labute approximate surface area is 342 Å². The van der Waals surface area contributed by atoms with Crippen LogP contribution in [0.25, 0.3) is 0 Å². The predicted molar refractivity (Wildman–Crippen MR) is 221 cm³/mol. The van der Waals surface area contributed by atoms with Gasteiger partial charge in [-0.3, -0.25) is 19.2 Å². The van der Waals surface area contributed by atoms with Gasteiger partial charge < -0.3 is 19.7 Å². The molecule has 0 saturated carbocycles. The third-order valence-corrected chi connectivity index (χ3v) is 12.0. The minimum atomic E-state index is -0.478. The maximum absolute atomic E-state index is 12.8. The summed E-state index contributed by atoms with van der Waals surface area (Å²) in [5.74, 6) is -0.0961. The lowest BCUT2D eigenvalue weighted by Gasteiger charge is -2.41. The summed E-state index contributed by atoms with van der Waals surface area (Å²) in [6, 6.07) is 11.6. The number of esters is 2.